The number of rotatable bonds is 1. The van der Waals surface area contributed by atoms with Gasteiger partial charge in [0, 0.05) is 0 Å². The lowest BCUT2D eigenvalue weighted by Gasteiger charge is -2.31. The normalized spacial score (nSPS) is 23.4. The average molecular weight is 214 g/mol. The summed E-state index contributed by atoms with van der Waals surface area (Å²) in [5, 5.41) is 3.38. The Bertz CT molecular complexity index is 390. The van der Waals surface area contributed by atoms with E-state index in [1.807, 2.05) is 12.1 Å². The Balaban J connectivity index is 1.86. The molecule has 2 aliphatic rings. The first-order valence-electron chi connectivity index (χ1n) is 5.91. The van der Waals surface area contributed by atoms with Crippen molar-refractivity contribution in [3.63, 3.8) is 0 Å². The lowest BCUT2D eigenvalue weighted by atomic mass is 9.91. The lowest BCUT2D eigenvalue weighted by molar-refractivity contribution is 0.00381. The summed E-state index contributed by atoms with van der Waals surface area (Å²) < 4.78 is 6.01. The maximum absolute atomic E-state index is 6.01. The molecule has 1 aromatic carbocycles. The van der Waals surface area contributed by atoms with Crippen molar-refractivity contribution in [1.29, 1.82) is 0 Å². The SMILES string of the molecule is [c]1ccc(C2=CC3(CCNCC3)OC2)cc1. The molecule has 83 valence electrons. The highest BCUT2D eigenvalue weighted by atomic mass is 16.5. The van der Waals surface area contributed by atoms with Crippen molar-refractivity contribution in [2.75, 3.05) is 19.7 Å². The Morgan fingerprint density at radius 1 is 1.19 bits per heavy atom. The topological polar surface area (TPSA) is 21.3 Å². The van der Waals surface area contributed by atoms with E-state index >= 15 is 0 Å². The van der Waals surface area contributed by atoms with Gasteiger partial charge >= 0.3 is 0 Å². The summed E-state index contributed by atoms with van der Waals surface area (Å²) in [5.74, 6) is 0. The fraction of sp³-hybridized carbons (Fsp3) is 0.429. The van der Waals surface area contributed by atoms with Crippen LogP contribution in [-0.4, -0.2) is 25.3 Å². The van der Waals surface area contributed by atoms with Crippen molar-refractivity contribution in [3.05, 3.63) is 42.0 Å². The van der Waals surface area contributed by atoms with Crippen LogP contribution in [0.1, 0.15) is 18.4 Å². The van der Waals surface area contributed by atoms with E-state index in [0.717, 1.165) is 32.5 Å². The van der Waals surface area contributed by atoms with Crippen LogP contribution in [0, 0.1) is 6.07 Å². The molecule has 2 heteroatoms. The minimum Gasteiger partial charge on any atom is -0.366 e. The van der Waals surface area contributed by atoms with Gasteiger partial charge in [0.2, 0.25) is 0 Å². The number of hydrogen-bond donors (Lipinski definition) is 1. The highest BCUT2D eigenvalue weighted by Gasteiger charge is 2.35. The van der Waals surface area contributed by atoms with Gasteiger partial charge in [0.15, 0.2) is 0 Å². The van der Waals surface area contributed by atoms with E-state index in [-0.39, 0.29) is 5.60 Å². The number of benzene rings is 1. The molecule has 2 heterocycles. The van der Waals surface area contributed by atoms with Crippen molar-refractivity contribution in [1.82, 2.24) is 5.32 Å². The van der Waals surface area contributed by atoms with Gasteiger partial charge in [-0.05, 0) is 49.2 Å². The van der Waals surface area contributed by atoms with Crippen LogP contribution in [0.2, 0.25) is 0 Å². The minimum atomic E-state index is 0.0140. The summed E-state index contributed by atoms with van der Waals surface area (Å²) in [7, 11) is 0. The molecular weight excluding hydrogens is 198 g/mol. The van der Waals surface area contributed by atoms with Crippen molar-refractivity contribution < 1.29 is 4.74 Å². The number of nitrogens with one attached hydrogen (secondary N) is 1. The Kier molecular flexibility index (Phi) is 2.54. The third kappa shape index (κ3) is 1.79. The van der Waals surface area contributed by atoms with Crippen LogP contribution in [0.5, 0.6) is 0 Å². The smallest absolute Gasteiger partial charge is 0.0897 e. The zero-order valence-corrected chi connectivity index (χ0v) is 9.33. The highest BCUT2D eigenvalue weighted by Crippen LogP contribution is 2.35. The van der Waals surface area contributed by atoms with E-state index in [9.17, 15) is 0 Å². The molecule has 2 nitrogen and oxygen atoms in total. The van der Waals surface area contributed by atoms with Crippen LogP contribution >= 0.6 is 0 Å². The zero-order valence-electron chi connectivity index (χ0n) is 9.33. The molecular formula is C14H16NO. The van der Waals surface area contributed by atoms with Crippen LogP contribution in [0.15, 0.2) is 30.3 Å². The predicted octanol–water partition coefficient (Wildman–Crippen LogP) is 2.02. The van der Waals surface area contributed by atoms with Crippen molar-refractivity contribution >= 4 is 5.57 Å². The first-order valence-corrected chi connectivity index (χ1v) is 5.91. The van der Waals surface area contributed by atoms with Gasteiger partial charge in [0.1, 0.15) is 0 Å². The molecule has 0 bridgehead atoms. The molecule has 2 aliphatic heterocycles. The lowest BCUT2D eigenvalue weighted by Crippen LogP contribution is -2.40. The molecule has 0 aliphatic carbocycles. The van der Waals surface area contributed by atoms with Gasteiger partial charge in [-0.3, -0.25) is 0 Å². The van der Waals surface area contributed by atoms with Gasteiger partial charge in [-0.1, -0.05) is 24.3 Å². The second-order valence-corrected chi connectivity index (χ2v) is 4.56. The molecule has 0 unspecified atom stereocenters. The van der Waals surface area contributed by atoms with Gasteiger partial charge in [-0.25, -0.2) is 0 Å². The third-order valence-electron chi connectivity index (χ3n) is 3.49. The average Bonchev–Trinajstić information content (AvgIpc) is 2.75. The van der Waals surface area contributed by atoms with E-state index in [0.29, 0.717) is 0 Å². The van der Waals surface area contributed by atoms with Crippen molar-refractivity contribution in [3.8, 4) is 0 Å². The van der Waals surface area contributed by atoms with Crippen molar-refractivity contribution in [2.24, 2.45) is 0 Å². The van der Waals surface area contributed by atoms with E-state index in [1.54, 1.807) is 0 Å². The van der Waals surface area contributed by atoms with Crippen LogP contribution in [0.3, 0.4) is 0 Å². The first-order chi connectivity index (χ1) is 7.88. The molecule has 0 saturated carbocycles. The van der Waals surface area contributed by atoms with Gasteiger partial charge in [-0.15, -0.1) is 0 Å². The summed E-state index contributed by atoms with van der Waals surface area (Å²) in [5.41, 5.74) is 2.62. The zero-order chi connectivity index (χ0) is 10.8. The Morgan fingerprint density at radius 2 is 1.94 bits per heavy atom. The third-order valence-corrected chi connectivity index (χ3v) is 3.49. The maximum Gasteiger partial charge on any atom is 0.0897 e. The quantitative estimate of drug-likeness (QED) is 0.772. The van der Waals surface area contributed by atoms with Crippen LogP contribution in [0.4, 0.5) is 0 Å². The fourth-order valence-corrected chi connectivity index (χ4v) is 2.53. The Labute approximate surface area is 96.3 Å². The predicted molar refractivity (Wildman–Crippen MR) is 64.0 cm³/mol. The number of hydrogen-bond acceptors (Lipinski definition) is 2. The van der Waals surface area contributed by atoms with Gasteiger partial charge in [0.25, 0.3) is 0 Å². The number of piperidine rings is 1. The first kappa shape index (κ1) is 10.1. The highest BCUT2D eigenvalue weighted by molar-refractivity contribution is 5.69. The van der Waals surface area contributed by atoms with Crippen LogP contribution in [-0.2, 0) is 4.74 Å². The monoisotopic (exact) mass is 214 g/mol. The molecule has 0 atom stereocenters. The summed E-state index contributed by atoms with van der Waals surface area (Å²) >= 11 is 0. The number of ether oxygens (including phenoxy) is 1. The standard InChI is InChI=1S/C14H16NO/c1-2-4-12(5-3-1)13-10-14(16-11-13)6-8-15-9-7-14/h2-5,10,15H,6-9,11H2. The van der Waals surface area contributed by atoms with Gasteiger partial charge in [-0.2, -0.15) is 0 Å². The second-order valence-electron chi connectivity index (χ2n) is 4.56. The minimum absolute atomic E-state index is 0.0140. The Hall–Kier alpha value is -1.12. The van der Waals surface area contributed by atoms with Crippen molar-refractivity contribution in [2.45, 2.75) is 18.4 Å². The fourth-order valence-electron chi connectivity index (χ4n) is 2.53. The summed E-state index contributed by atoms with van der Waals surface area (Å²) in [6.45, 7) is 2.88. The van der Waals surface area contributed by atoms with Crippen LogP contribution in [0.25, 0.3) is 5.57 Å². The van der Waals surface area contributed by atoms with E-state index in [2.05, 4.69) is 29.6 Å². The largest absolute Gasteiger partial charge is 0.366 e. The van der Waals surface area contributed by atoms with Crippen LogP contribution < -0.4 is 5.32 Å². The molecule has 1 aromatic rings. The molecule has 1 N–H and O–H groups in total. The molecule has 1 spiro atoms. The second kappa shape index (κ2) is 4.04. The molecule has 1 radical (unpaired) electrons. The maximum atomic E-state index is 6.01. The summed E-state index contributed by atoms with van der Waals surface area (Å²) in [4.78, 5) is 0. The van der Waals surface area contributed by atoms with Gasteiger partial charge < -0.3 is 10.1 Å². The van der Waals surface area contributed by atoms with E-state index in [4.69, 9.17) is 4.74 Å². The molecule has 16 heavy (non-hydrogen) atoms. The van der Waals surface area contributed by atoms with E-state index < -0.39 is 0 Å². The molecule has 0 aromatic heterocycles. The summed E-state index contributed by atoms with van der Waals surface area (Å²) in [6, 6.07) is 11.2. The Morgan fingerprint density at radius 3 is 2.69 bits per heavy atom. The van der Waals surface area contributed by atoms with E-state index in [1.165, 1.54) is 11.1 Å². The van der Waals surface area contributed by atoms with Gasteiger partial charge in [0.05, 0.1) is 12.2 Å². The summed E-state index contributed by atoms with van der Waals surface area (Å²) in [6.07, 6.45) is 4.52. The molecule has 1 saturated heterocycles. The molecule has 1 fully saturated rings. The molecule has 0 amide bonds. The molecule has 3 rings (SSSR count).